The van der Waals surface area contributed by atoms with Crippen LogP contribution in [0.3, 0.4) is 0 Å². The standard InChI is InChI=1S/C14H7BrO2.B/c15-8-5-6-11-12(7-8)9-3-1-2-4-10(9)13(16)14(11)17;/h1-7H;. The van der Waals surface area contributed by atoms with E-state index in [1.807, 2.05) is 18.2 Å². The van der Waals surface area contributed by atoms with Crippen LogP contribution in [0.15, 0.2) is 46.9 Å². The van der Waals surface area contributed by atoms with Gasteiger partial charge in [-0.25, -0.2) is 0 Å². The fraction of sp³-hybridized carbons (Fsp3) is 0. The number of hydrogen-bond acceptors (Lipinski definition) is 2. The molecule has 0 bridgehead atoms. The third kappa shape index (κ3) is 1.73. The molecule has 2 aromatic carbocycles. The number of rotatable bonds is 0. The average Bonchev–Trinajstić information content (AvgIpc) is 2.36. The molecule has 0 saturated carbocycles. The van der Waals surface area contributed by atoms with E-state index in [9.17, 15) is 9.59 Å². The van der Waals surface area contributed by atoms with E-state index < -0.39 is 11.6 Å². The number of ketones is 2. The summed E-state index contributed by atoms with van der Waals surface area (Å²) >= 11 is 3.38. The number of benzene rings is 2. The van der Waals surface area contributed by atoms with E-state index in [0.717, 1.165) is 15.6 Å². The molecule has 0 atom stereocenters. The van der Waals surface area contributed by atoms with Gasteiger partial charge in [0, 0.05) is 24.0 Å². The zero-order chi connectivity index (χ0) is 12.0. The smallest absolute Gasteiger partial charge is 0.234 e. The number of Topliss-reactive ketones (excluding diaryl/α,β-unsaturated/α-hetero) is 2. The van der Waals surface area contributed by atoms with Crippen LogP contribution in [0.4, 0.5) is 0 Å². The van der Waals surface area contributed by atoms with Crippen LogP contribution in [0.25, 0.3) is 11.1 Å². The van der Waals surface area contributed by atoms with Crippen molar-refractivity contribution in [1.29, 1.82) is 0 Å². The predicted octanol–water partition coefficient (Wildman–Crippen LogP) is 3.11. The van der Waals surface area contributed by atoms with Crippen molar-refractivity contribution in [2.45, 2.75) is 0 Å². The highest BCUT2D eigenvalue weighted by Crippen LogP contribution is 2.34. The lowest BCUT2D eigenvalue weighted by Crippen LogP contribution is -2.20. The molecule has 18 heavy (non-hydrogen) atoms. The van der Waals surface area contributed by atoms with Crippen LogP contribution in [0, 0.1) is 0 Å². The van der Waals surface area contributed by atoms with E-state index in [-0.39, 0.29) is 8.41 Å². The first kappa shape index (κ1) is 12.8. The summed E-state index contributed by atoms with van der Waals surface area (Å²) in [5, 5.41) is 0. The quantitative estimate of drug-likeness (QED) is 0.553. The van der Waals surface area contributed by atoms with Gasteiger partial charge in [0.15, 0.2) is 0 Å². The van der Waals surface area contributed by atoms with Gasteiger partial charge >= 0.3 is 0 Å². The van der Waals surface area contributed by atoms with Crippen molar-refractivity contribution in [2.24, 2.45) is 0 Å². The topological polar surface area (TPSA) is 34.1 Å². The normalized spacial score (nSPS) is 12.5. The lowest BCUT2D eigenvalue weighted by molar-refractivity contribution is 0.0815. The van der Waals surface area contributed by atoms with Gasteiger partial charge in [0.25, 0.3) is 0 Å². The SMILES string of the molecule is O=C1C(=O)c2ccc(Br)cc2-c2ccccc21.[B]. The molecule has 1 aliphatic carbocycles. The number of hydrogen-bond donors (Lipinski definition) is 0. The minimum atomic E-state index is -0.425. The third-order valence-electron chi connectivity index (χ3n) is 2.89. The summed E-state index contributed by atoms with van der Waals surface area (Å²) in [5.74, 6) is -0.846. The van der Waals surface area contributed by atoms with Gasteiger partial charge in [-0.3, -0.25) is 9.59 Å². The van der Waals surface area contributed by atoms with Crippen LogP contribution in [0.5, 0.6) is 0 Å². The first-order valence-corrected chi connectivity index (χ1v) is 5.96. The first-order valence-electron chi connectivity index (χ1n) is 5.16. The molecule has 0 fully saturated rings. The second-order valence-electron chi connectivity index (χ2n) is 3.89. The van der Waals surface area contributed by atoms with Crippen LogP contribution >= 0.6 is 15.9 Å². The minimum Gasteiger partial charge on any atom is -0.285 e. The largest absolute Gasteiger partial charge is 0.285 e. The van der Waals surface area contributed by atoms with E-state index in [4.69, 9.17) is 0 Å². The van der Waals surface area contributed by atoms with E-state index in [0.29, 0.717) is 11.1 Å². The molecular formula is C14H7BBrO2. The molecule has 2 aromatic rings. The molecule has 3 radical (unpaired) electrons. The van der Waals surface area contributed by atoms with E-state index >= 15 is 0 Å². The molecule has 0 heterocycles. The van der Waals surface area contributed by atoms with Crippen molar-refractivity contribution in [2.75, 3.05) is 0 Å². The van der Waals surface area contributed by atoms with Gasteiger partial charge in [-0.2, -0.15) is 0 Å². The fourth-order valence-corrected chi connectivity index (χ4v) is 2.46. The molecule has 0 unspecified atom stereocenters. The van der Waals surface area contributed by atoms with Gasteiger partial charge in [-0.1, -0.05) is 40.2 Å². The van der Waals surface area contributed by atoms with E-state index in [1.165, 1.54) is 0 Å². The Morgan fingerprint density at radius 3 is 1.94 bits per heavy atom. The molecule has 0 amide bonds. The summed E-state index contributed by atoms with van der Waals surface area (Å²) in [6, 6.07) is 12.5. The highest BCUT2D eigenvalue weighted by atomic mass is 79.9. The van der Waals surface area contributed by atoms with Crippen molar-refractivity contribution in [1.82, 2.24) is 0 Å². The molecule has 85 valence electrons. The fourth-order valence-electron chi connectivity index (χ4n) is 2.10. The van der Waals surface area contributed by atoms with Crippen LogP contribution in [0.1, 0.15) is 20.7 Å². The van der Waals surface area contributed by atoms with Gasteiger partial charge in [0.1, 0.15) is 0 Å². The van der Waals surface area contributed by atoms with Crippen molar-refractivity contribution < 1.29 is 9.59 Å². The molecule has 0 N–H and O–H groups in total. The Hall–Kier alpha value is -1.68. The maximum Gasteiger partial charge on any atom is 0.234 e. The maximum atomic E-state index is 11.9. The Balaban J connectivity index is 0.00000120. The van der Waals surface area contributed by atoms with Crippen molar-refractivity contribution in [3.8, 4) is 11.1 Å². The second-order valence-corrected chi connectivity index (χ2v) is 4.81. The molecule has 4 heteroatoms. The van der Waals surface area contributed by atoms with Gasteiger partial charge in [-0.05, 0) is 29.3 Å². The lowest BCUT2D eigenvalue weighted by Gasteiger charge is -2.17. The summed E-state index contributed by atoms with van der Waals surface area (Å²) in [6.45, 7) is 0. The molecule has 0 aromatic heterocycles. The Morgan fingerprint density at radius 2 is 1.28 bits per heavy atom. The van der Waals surface area contributed by atoms with Crippen LogP contribution in [0.2, 0.25) is 0 Å². The number of carbonyl (C=O) groups excluding carboxylic acids is 2. The highest BCUT2D eigenvalue weighted by molar-refractivity contribution is 9.10. The van der Waals surface area contributed by atoms with Crippen molar-refractivity contribution >= 4 is 35.9 Å². The molecule has 2 nitrogen and oxygen atoms in total. The Bertz CT molecular complexity index is 665. The summed E-state index contributed by atoms with van der Waals surface area (Å²) in [4.78, 5) is 23.8. The summed E-state index contributed by atoms with van der Waals surface area (Å²) in [5.41, 5.74) is 2.62. The van der Waals surface area contributed by atoms with Gasteiger partial charge in [0.2, 0.25) is 11.6 Å². The molecular weight excluding hydrogens is 291 g/mol. The van der Waals surface area contributed by atoms with Crippen molar-refractivity contribution in [3.05, 3.63) is 58.1 Å². The molecule has 1 aliphatic rings. The number of fused-ring (bicyclic) bond motifs is 3. The zero-order valence-corrected chi connectivity index (χ0v) is 10.9. The minimum absolute atomic E-state index is 0. The van der Waals surface area contributed by atoms with Crippen LogP contribution in [-0.4, -0.2) is 20.0 Å². The van der Waals surface area contributed by atoms with Gasteiger partial charge < -0.3 is 0 Å². The number of carbonyl (C=O) groups is 2. The monoisotopic (exact) mass is 297 g/mol. The average molecular weight is 298 g/mol. The predicted molar refractivity (Wildman–Crippen MR) is 74.0 cm³/mol. The highest BCUT2D eigenvalue weighted by Gasteiger charge is 2.29. The Kier molecular flexibility index (Phi) is 3.22. The summed E-state index contributed by atoms with van der Waals surface area (Å²) in [7, 11) is 0. The lowest BCUT2D eigenvalue weighted by atomic mass is 9.84. The molecule has 3 rings (SSSR count). The Labute approximate surface area is 115 Å². The first-order chi connectivity index (χ1) is 8.18. The third-order valence-corrected chi connectivity index (χ3v) is 3.39. The van der Waals surface area contributed by atoms with Crippen LogP contribution in [-0.2, 0) is 0 Å². The molecule has 0 saturated heterocycles. The van der Waals surface area contributed by atoms with E-state index in [2.05, 4.69) is 15.9 Å². The summed E-state index contributed by atoms with van der Waals surface area (Å²) in [6.07, 6.45) is 0. The zero-order valence-electron chi connectivity index (χ0n) is 9.31. The molecule has 0 spiro atoms. The van der Waals surface area contributed by atoms with Gasteiger partial charge in [0.05, 0.1) is 0 Å². The summed E-state index contributed by atoms with van der Waals surface area (Å²) < 4.78 is 0.896. The van der Waals surface area contributed by atoms with Crippen LogP contribution < -0.4 is 0 Å². The molecule has 0 aliphatic heterocycles. The Morgan fingerprint density at radius 1 is 0.722 bits per heavy atom. The van der Waals surface area contributed by atoms with Gasteiger partial charge in [-0.15, -0.1) is 0 Å². The second kappa shape index (κ2) is 4.54. The maximum absolute atomic E-state index is 11.9. The van der Waals surface area contributed by atoms with Crippen molar-refractivity contribution in [3.63, 3.8) is 0 Å². The van der Waals surface area contributed by atoms with E-state index in [1.54, 1.807) is 24.3 Å². The number of halogens is 1.